The third kappa shape index (κ3) is 4.21. The molecule has 3 aromatic carbocycles. The highest BCUT2D eigenvalue weighted by molar-refractivity contribution is 6.10. The lowest BCUT2D eigenvalue weighted by Crippen LogP contribution is -2.29. The van der Waals surface area contributed by atoms with Gasteiger partial charge in [-0.2, -0.15) is 0 Å². The average Bonchev–Trinajstić information content (AvgIpc) is 3.19. The summed E-state index contributed by atoms with van der Waals surface area (Å²) in [7, 11) is 1.54. The molecular formula is C29H26FNO5. The van der Waals surface area contributed by atoms with Gasteiger partial charge in [-0.25, -0.2) is 4.39 Å². The van der Waals surface area contributed by atoms with Crippen molar-refractivity contribution in [2.45, 2.75) is 32.2 Å². The number of unbranched alkanes of at least 4 members (excludes halogenated alkanes) is 2. The maximum absolute atomic E-state index is 14.0. The predicted octanol–water partition coefficient (Wildman–Crippen LogP) is 6.26. The van der Waals surface area contributed by atoms with Gasteiger partial charge in [0.05, 0.1) is 30.7 Å². The fourth-order valence-corrected chi connectivity index (χ4v) is 4.60. The Morgan fingerprint density at radius 1 is 0.972 bits per heavy atom. The van der Waals surface area contributed by atoms with Crippen molar-refractivity contribution >= 4 is 22.6 Å². The van der Waals surface area contributed by atoms with E-state index in [2.05, 4.69) is 6.92 Å². The Kier molecular flexibility index (Phi) is 6.46. The largest absolute Gasteiger partial charge is 0.497 e. The first-order chi connectivity index (χ1) is 17.5. The summed E-state index contributed by atoms with van der Waals surface area (Å²) < 4.78 is 31.3. The van der Waals surface area contributed by atoms with Gasteiger partial charge >= 0.3 is 0 Å². The van der Waals surface area contributed by atoms with Gasteiger partial charge < -0.3 is 13.9 Å². The number of carbonyl (C=O) groups excluding carboxylic acids is 1. The fourth-order valence-electron chi connectivity index (χ4n) is 4.60. The van der Waals surface area contributed by atoms with E-state index in [9.17, 15) is 14.0 Å². The van der Waals surface area contributed by atoms with Crippen molar-refractivity contribution in [2.24, 2.45) is 0 Å². The Morgan fingerprint density at radius 2 is 1.78 bits per heavy atom. The molecule has 0 aliphatic carbocycles. The molecule has 0 saturated heterocycles. The standard InChI is InChI=1S/C29H26FNO5/c1-3-4-5-14-35-22-11-6-8-18(15-22)26-25-27(32)23-16-19(30)12-13-24(23)36-28(25)29(33)31(26)20-9-7-10-21(17-20)34-2/h6-13,15-17,26H,3-5,14H2,1-2H3. The highest BCUT2D eigenvalue weighted by Gasteiger charge is 2.44. The van der Waals surface area contributed by atoms with Crippen LogP contribution in [-0.2, 0) is 0 Å². The smallest absolute Gasteiger partial charge is 0.295 e. The normalized spacial score (nSPS) is 14.8. The number of methoxy groups -OCH3 is 1. The molecular weight excluding hydrogens is 461 g/mol. The van der Waals surface area contributed by atoms with Crippen molar-refractivity contribution in [2.75, 3.05) is 18.6 Å². The number of rotatable bonds is 8. The Labute approximate surface area is 207 Å². The van der Waals surface area contributed by atoms with Crippen LogP contribution in [0.4, 0.5) is 10.1 Å². The van der Waals surface area contributed by atoms with Crippen LogP contribution in [0.15, 0.2) is 75.9 Å². The second-order valence-electron chi connectivity index (χ2n) is 8.72. The maximum atomic E-state index is 14.0. The minimum atomic E-state index is -0.789. The monoisotopic (exact) mass is 487 g/mol. The zero-order valence-corrected chi connectivity index (χ0v) is 20.1. The van der Waals surface area contributed by atoms with Crippen molar-refractivity contribution in [3.8, 4) is 11.5 Å². The van der Waals surface area contributed by atoms with E-state index in [0.29, 0.717) is 29.4 Å². The molecule has 7 heteroatoms. The van der Waals surface area contributed by atoms with Gasteiger partial charge in [0.1, 0.15) is 22.9 Å². The minimum Gasteiger partial charge on any atom is -0.497 e. The van der Waals surface area contributed by atoms with Crippen LogP contribution >= 0.6 is 0 Å². The number of amides is 1. The number of ether oxygens (including phenoxy) is 2. The lowest BCUT2D eigenvalue weighted by Gasteiger charge is -2.26. The van der Waals surface area contributed by atoms with Gasteiger partial charge in [0.2, 0.25) is 5.76 Å². The molecule has 1 aliphatic heterocycles. The van der Waals surface area contributed by atoms with Crippen LogP contribution in [0.5, 0.6) is 11.5 Å². The summed E-state index contributed by atoms with van der Waals surface area (Å²) in [4.78, 5) is 28.9. The van der Waals surface area contributed by atoms with E-state index in [4.69, 9.17) is 13.9 Å². The number of halogens is 1. The predicted molar refractivity (Wildman–Crippen MR) is 136 cm³/mol. The van der Waals surface area contributed by atoms with Crippen molar-refractivity contribution in [3.63, 3.8) is 0 Å². The fraction of sp³-hybridized carbons (Fsp3) is 0.241. The van der Waals surface area contributed by atoms with Crippen LogP contribution in [0, 0.1) is 5.82 Å². The average molecular weight is 488 g/mol. The van der Waals surface area contributed by atoms with Crippen molar-refractivity contribution < 1.29 is 23.1 Å². The third-order valence-corrected chi connectivity index (χ3v) is 6.35. The zero-order valence-electron chi connectivity index (χ0n) is 20.1. The van der Waals surface area contributed by atoms with E-state index >= 15 is 0 Å². The van der Waals surface area contributed by atoms with Crippen molar-refractivity contribution in [1.82, 2.24) is 0 Å². The van der Waals surface area contributed by atoms with Crippen molar-refractivity contribution in [1.29, 1.82) is 0 Å². The van der Waals surface area contributed by atoms with Crippen molar-refractivity contribution in [3.05, 3.63) is 99.7 Å². The first-order valence-corrected chi connectivity index (χ1v) is 12.0. The third-order valence-electron chi connectivity index (χ3n) is 6.35. The maximum Gasteiger partial charge on any atom is 0.295 e. The second-order valence-corrected chi connectivity index (χ2v) is 8.72. The molecule has 0 fully saturated rings. The molecule has 0 N–H and O–H groups in total. The quantitative estimate of drug-likeness (QED) is 0.275. The molecule has 1 aromatic heterocycles. The topological polar surface area (TPSA) is 69.0 Å². The molecule has 0 radical (unpaired) electrons. The lowest BCUT2D eigenvalue weighted by molar-refractivity contribution is 0.0971. The Bertz CT molecular complexity index is 1500. The summed E-state index contributed by atoms with van der Waals surface area (Å²) in [5.74, 6) is 0.144. The molecule has 0 bridgehead atoms. The molecule has 1 aliphatic rings. The molecule has 1 atom stereocenters. The summed E-state index contributed by atoms with van der Waals surface area (Å²) in [5, 5.41) is 0.0889. The highest BCUT2D eigenvalue weighted by Crippen LogP contribution is 2.42. The van der Waals surface area contributed by atoms with Gasteiger partial charge in [-0.1, -0.05) is 38.0 Å². The SMILES string of the molecule is CCCCCOc1cccc(C2c3c(oc4ccc(F)cc4c3=O)C(=O)N2c2cccc(OC)c2)c1. The van der Waals surface area contributed by atoms with E-state index in [1.54, 1.807) is 31.4 Å². The summed E-state index contributed by atoms with van der Waals surface area (Å²) >= 11 is 0. The minimum absolute atomic E-state index is 0.0544. The van der Waals surface area contributed by atoms with E-state index in [1.807, 2.05) is 24.3 Å². The zero-order chi connectivity index (χ0) is 25.2. The van der Waals surface area contributed by atoms with Crippen LogP contribution < -0.4 is 19.8 Å². The lowest BCUT2D eigenvalue weighted by atomic mass is 9.98. The summed E-state index contributed by atoms with van der Waals surface area (Å²) in [5.41, 5.74) is 1.11. The second kappa shape index (κ2) is 9.85. The molecule has 1 unspecified atom stereocenters. The van der Waals surface area contributed by atoms with E-state index in [0.717, 1.165) is 25.3 Å². The number of carbonyl (C=O) groups is 1. The molecule has 2 heterocycles. The van der Waals surface area contributed by atoms with E-state index in [-0.39, 0.29) is 22.3 Å². The number of hydrogen-bond acceptors (Lipinski definition) is 5. The number of anilines is 1. The molecule has 0 saturated carbocycles. The van der Waals surface area contributed by atoms with Gasteiger partial charge in [-0.3, -0.25) is 14.5 Å². The summed E-state index contributed by atoms with van der Waals surface area (Å²) in [6.45, 7) is 2.70. The van der Waals surface area contributed by atoms with Crippen LogP contribution in [-0.4, -0.2) is 19.6 Å². The number of nitrogens with zero attached hydrogens (tertiary/aromatic N) is 1. The van der Waals surface area contributed by atoms with Gasteiger partial charge in [0, 0.05) is 11.8 Å². The first-order valence-electron chi connectivity index (χ1n) is 12.0. The summed E-state index contributed by atoms with van der Waals surface area (Å²) in [6.07, 6.45) is 3.09. The van der Waals surface area contributed by atoms with Crippen LogP contribution in [0.25, 0.3) is 11.0 Å². The molecule has 36 heavy (non-hydrogen) atoms. The van der Waals surface area contributed by atoms with E-state index < -0.39 is 23.2 Å². The van der Waals surface area contributed by atoms with Crippen LogP contribution in [0.2, 0.25) is 0 Å². The number of hydrogen-bond donors (Lipinski definition) is 0. The Hall–Kier alpha value is -4.13. The Balaban J connectivity index is 1.68. The Morgan fingerprint density at radius 3 is 2.58 bits per heavy atom. The highest BCUT2D eigenvalue weighted by atomic mass is 19.1. The van der Waals surface area contributed by atoms with Gasteiger partial charge in [-0.05, 0) is 54.4 Å². The number of fused-ring (bicyclic) bond motifs is 2. The molecule has 1 amide bonds. The molecule has 4 aromatic rings. The van der Waals surface area contributed by atoms with Crippen LogP contribution in [0.1, 0.15) is 53.9 Å². The van der Waals surface area contributed by atoms with Crippen LogP contribution in [0.3, 0.4) is 0 Å². The molecule has 0 spiro atoms. The van der Waals surface area contributed by atoms with Gasteiger partial charge in [-0.15, -0.1) is 0 Å². The molecule has 6 nitrogen and oxygen atoms in total. The first kappa shape index (κ1) is 23.6. The van der Waals surface area contributed by atoms with Gasteiger partial charge in [0.25, 0.3) is 5.91 Å². The number of benzene rings is 3. The van der Waals surface area contributed by atoms with E-state index in [1.165, 1.54) is 17.0 Å². The van der Waals surface area contributed by atoms with Gasteiger partial charge in [0.15, 0.2) is 5.43 Å². The molecule has 5 rings (SSSR count). The molecule has 184 valence electrons. The summed E-state index contributed by atoms with van der Waals surface area (Å²) in [6, 6.07) is 17.3.